The van der Waals surface area contributed by atoms with E-state index in [-0.39, 0.29) is 0 Å². The lowest BCUT2D eigenvalue weighted by molar-refractivity contribution is 0.141. The molecular formula is C16H26N2O. The van der Waals surface area contributed by atoms with Crippen LogP contribution in [-0.2, 0) is 0 Å². The highest BCUT2D eigenvalue weighted by Crippen LogP contribution is 2.31. The lowest BCUT2D eigenvalue weighted by Gasteiger charge is -2.36. The molecule has 1 fully saturated rings. The van der Waals surface area contributed by atoms with Gasteiger partial charge in [0.15, 0.2) is 0 Å². The number of piperidine rings is 1. The van der Waals surface area contributed by atoms with E-state index in [2.05, 4.69) is 30.0 Å². The molecule has 0 spiro atoms. The quantitative estimate of drug-likeness (QED) is 0.887. The molecule has 0 bridgehead atoms. The van der Waals surface area contributed by atoms with Crippen molar-refractivity contribution in [2.45, 2.75) is 32.7 Å². The van der Waals surface area contributed by atoms with Gasteiger partial charge in [-0.1, -0.05) is 18.2 Å². The molecule has 3 nitrogen and oxygen atoms in total. The molecule has 106 valence electrons. The Hall–Kier alpha value is -1.06. The van der Waals surface area contributed by atoms with Crippen molar-refractivity contribution in [3.05, 3.63) is 29.8 Å². The van der Waals surface area contributed by atoms with E-state index in [1.807, 2.05) is 13.0 Å². The van der Waals surface area contributed by atoms with Crippen molar-refractivity contribution in [3.8, 4) is 5.75 Å². The molecule has 0 saturated carbocycles. The number of para-hydroxylation sites is 1. The molecule has 1 unspecified atom stereocenters. The topological polar surface area (TPSA) is 38.5 Å². The van der Waals surface area contributed by atoms with Crippen LogP contribution in [0.25, 0.3) is 0 Å². The third-order valence-electron chi connectivity index (χ3n) is 4.20. The van der Waals surface area contributed by atoms with Crippen molar-refractivity contribution >= 4 is 0 Å². The highest BCUT2D eigenvalue weighted by molar-refractivity contribution is 5.35. The van der Waals surface area contributed by atoms with Gasteiger partial charge in [-0.25, -0.2) is 0 Å². The molecule has 1 heterocycles. The van der Waals surface area contributed by atoms with Gasteiger partial charge in [0.2, 0.25) is 0 Å². The summed E-state index contributed by atoms with van der Waals surface area (Å²) in [4.78, 5) is 2.55. The molecule has 0 aliphatic carbocycles. The molecule has 2 N–H and O–H groups in total. The van der Waals surface area contributed by atoms with Gasteiger partial charge in [0, 0.05) is 11.6 Å². The molecule has 3 heteroatoms. The van der Waals surface area contributed by atoms with Crippen LogP contribution < -0.4 is 10.5 Å². The van der Waals surface area contributed by atoms with Gasteiger partial charge in [-0.2, -0.15) is 0 Å². The summed E-state index contributed by atoms with van der Waals surface area (Å²) in [5.41, 5.74) is 7.06. The zero-order chi connectivity index (χ0) is 13.7. The Kier molecular flexibility index (Phi) is 5.23. The Bertz CT molecular complexity index is 386. The van der Waals surface area contributed by atoms with Gasteiger partial charge in [0.05, 0.1) is 6.61 Å². The molecule has 1 aromatic rings. The first-order valence-electron chi connectivity index (χ1n) is 7.42. The molecule has 1 atom stereocenters. The summed E-state index contributed by atoms with van der Waals surface area (Å²) in [5, 5.41) is 0. The Morgan fingerprint density at radius 1 is 1.32 bits per heavy atom. The molecule has 2 rings (SSSR count). The van der Waals surface area contributed by atoms with E-state index in [4.69, 9.17) is 10.5 Å². The molecular weight excluding hydrogens is 236 g/mol. The van der Waals surface area contributed by atoms with E-state index in [9.17, 15) is 0 Å². The zero-order valence-corrected chi connectivity index (χ0v) is 12.1. The van der Waals surface area contributed by atoms with E-state index in [1.165, 1.54) is 18.4 Å². The van der Waals surface area contributed by atoms with E-state index < -0.39 is 0 Å². The Balaban J connectivity index is 2.05. The summed E-state index contributed by atoms with van der Waals surface area (Å²) in [5.74, 6) is 1.74. The van der Waals surface area contributed by atoms with Crippen LogP contribution in [0.4, 0.5) is 0 Å². The Labute approximate surface area is 116 Å². The number of nitrogens with zero attached hydrogens (tertiary/aromatic N) is 1. The maximum absolute atomic E-state index is 5.76. The van der Waals surface area contributed by atoms with Crippen molar-refractivity contribution in [2.24, 2.45) is 11.7 Å². The zero-order valence-electron chi connectivity index (χ0n) is 12.1. The fourth-order valence-corrected chi connectivity index (χ4v) is 2.89. The molecule has 1 aromatic carbocycles. The van der Waals surface area contributed by atoms with Gasteiger partial charge in [-0.3, -0.25) is 4.90 Å². The third kappa shape index (κ3) is 3.48. The predicted molar refractivity (Wildman–Crippen MR) is 79.4 cm³/mol. The van der Waals surface area contributed by atoms with Gasteiger partial charge >= 0.3 is 0 Å². The third-order valence-corrected chi connectivity index (χ3v) is 4.20. The molecule has 0 amide bonds. The average Bonchev–Trinajstić information content (AvgIpc) is 2.47. The van der Waals surface area contributed by atoms with Gasteiger partial charge in [-0.15, -0.1) is 0 Å². The summed E-state index contributed by atoms with van der Waals surface area (Å²) < 4.78 is 5.74. The maximum Gasteiger partial charge on any atom is 0.124 e. The number of hydrogen-bond acceptors (Lipinski definition) is 3. The summed E-state index contributed by atoms with van der Waals surface area (Å²) in [6.07, 6.45) is 2.44. The molecule has 0 radical (unpaired) electrons. The number of hydrogen-bond donors (Lipinski definition) is 1. The summed E-state index contributed by atoms with van der Waals surface area (Å²) in [6.45, 7) is 8.15. The standard InChI is InChI=1S/C16H26N2O/c1-3-19-16-7-5-4-6-15(16)13(2)18-10-8-14(12-17)9-11-18/h4-7,13-14H,3,8-12,17H2,1-2H3. The highest BCUT2D eigenvalue weighted by atomic mass is 16.5. The maximum atomic E-state index is 5.76. The van der Waals surface area contributed by atoms with Crippen molar-refractivity contribution in [1.29, 1.82) is 0 Å². The number of benzene rings is 1. The SMILES string of the molecule is CCOc1ccccc1C(C)N1CCC(CN)CC1. The molecule has 1 aliphatic rings. The number of likely N-dealkylation sites (tertiary alicyclic amines) is 1. The summed E-state index contributed by atoms with van der Waals surface area (Å²) in [6, 6.07) is 8.82. The lowest BCUT2D eigenvalue weighted by atomic mass is 9.94. The average molecular weight is 262 g/mol. The number of ether oxygens (including phenoxy) is 1. The van der Waals surface area contributed by atoms with Crippen molar-refractivity contribution < 1.29 is 4.74 Å². The second kappa shape index (κ2) is 6.92. The first-order chi connectivity index (χ1) is 9.26. The molecule has 0 aromatic heterocycles. The normalized spacial score (nSPS) is 19.3. The van der Waals surface area contributed by atoms with Gasteiger partial charge in [0.1, 0.15) is 5.75 Å². The molecule has 1 saturated heterocycles. The fraction of sp³-hybridized carbons (Fsp3) is 0.625. The van der Waals surface area contributed by atoms with Gasteiger partial charge in [-0.05, 0) is 58.3 Å². The van der Waals surface area contributed by atoms with Crippen LogP contribution in [0.3, 0.4) is 0 Å². The van der Waals surface area contributed by atoms with Crippen LogP contribution in [0.5, 0.6) is 5.75 Å². The van der Waals surface area contributed by atoms with Crippen LogP contribution in [0.1, 0.15) is 38.3 Å². The van der Waals surface area contributed by atoms with Crippen LogP contribution in [0, 0.1) is 5.92 Å². The van der Waals surface area contributed by atoms with E-state index in [1.54, 1.807) is 0 Å². The van der Waals surface area contributed by atoms with Gasteiger partial charge < -0.3 is 10.5 Å². The Morgan fingerprint density at radius 3 is 2.63 bits per heavy atom. The first-order valence-corrected chi connectivity index (χ1v) is 7.42. The lowest BCUT2D eigenvalue weighted by Crippen LogP contribution is -2.37. The minimum absolute atomic E-state index is 0.418. The van der Waals surface area contributed by atoms with E-state index in [0.717, 1.165) is 32.0 Å². The van der Waals surface area contributed by atoms with E-state index in [0.29, 0.717) is 12.0 Å². The summed E-state index contributed by atoms with van der Waals surface area (Å²) >= 11 is 0. The second-order valence-electron chi connectivity index (χ2n) is 5.36. The van der Waals surface area contributed by atoms with Crippen LogP contribution in [-0.4, -0.2) is 31.1 Å². The van der Waals surface area contributed by atoms with Crippen LogP contribution in [0.2, 0.25) is 0 Å². The van der Waals surface area contributed by atoms with Crippen molar-refractivity contribution in [1.82, 2.24) is 4.90 Å². The molecule has 19 heavy (non-hydrogen) atoms. The van der Waals surface area contributed by atoms with Crippen LogP contribution in [0.15, 0.2) is 24.3 Å². The Morgan fingerprint density at radius 2 is 2.00 bits per heavy atom. The number of nitrogens with two attached hydrogens (primary N) is 1. The summed E-state index contributed by atoms with van der Waals surface area (Å²) in [7, 11) is 0. The van der Waals surface area contributed by atoms with E-state index >= 15 is 0 Å². The molecule has 1 aliphatic heterocycles. The second-order valence-corrected chi connectivity index (χ2v) is 5.36. The van der Waals surface area contributed by atoms with Crippen molar-refractivity contribution in [3.63, 3.8) is 0 Å². The largest absolute Gasteiger partial charge is 0.494 e. The van der Waals surface area contributed by atoms with Gasteiger partial charge in [0.25, 0.3) is 0 Å². The minimum Gasteiger partial charge on any atom is -0.494 e. The van der Waals surface area contributed by atoms with Crippen molar-refractivity contribution in [2.75, 3.05) is 26.2 Å². The highest BCUT2D eigenvalue weighted by Gasteiger charge is 2.24. The number of rotatable bonds is 5. The smallest absolute Gasteiger partial charge is 0.124 e. The predicted octanol–water partition coefficient (Wildman–Crippen LogP) is 2.82. The fourth-order valence-electron chi connectivity index (χ4n) is 2.89. The van der Waals surface area contributed by atoms with Crippen LogP contribution >= 0.6 is 0 Å². The monoisotopic (exact) mass is 262 g/mol. The first kappa shape index (κ1) is 14.4. The minimum atomic E-state index is 0.418.